The molecular formula is C15H23NO3S. The summed E-state index contributed by atoms with van der Waals surface area (Å²) in [6.07, 6.45) is 4.04. The molecule has 0 saturated heterocycles. The molecule has 0 unspecified atom stereocenters. The van der Waals surface area contributed by atoms with Gasteiger partial charge in [0.05, 0.1) is 12.0 Å². The average molecular weight is 297 g/mol. The minimum Gasteiger partial charge on any atom is -0.290 e. The predicted molar refractivity (Wildman–Crippen MR) is 82.4 cm³/mol. The minimum absolute atomic E-state index is 0.118. The Morgan fingerprint density at radius 2 is 1.25 bits per heavy atom. The van der Waals surface area contributed by atoms with Crippen LogP contribution in [0.15, 0.2) is 27.7 Å². The van der Waals surface area contributed by atoms with Crippen molar-refractivity contribution in [2.45, 2.75) is 41.5 Å². The van der Waals surface area contributed by atoms with Crippen LogP contribution in [0.2, 0.25) is 0 Å². The van der Waals surface area contributed by atoms with Crippen LogP contribution in [0.1, 0.15) is 41.5 Å². The number of ketones is 1. The summed E-state index contributed by atoms with van der Waals surface area (Å²) in [6.45, 7) is 11.6. The fourth-order valence-corrected chi connectivity index (χ4v) is 2.54. The predicted octanol–water partition coefficient (Wildman–Crippen LogP) is 2.91. The van der Waals surface area contributed by atoms with Gasteiger partial charge in [-0.15, -0.1) is 0 Å². The standard InChI is InChI=1S/C15H23NO3S/c1-14(2,3)11-8-10(17)9-12(15(4,5)6)13(11)16-20(7,18)19/h8-9H,1-7H3. The lowest BCUT2D eigenvalue weighted by molar-refractivity contribution is -0.110. The molecule has 0 fully saturated rings. The molecule has 4 nitrogen and oxygen atoms in total. The van der Waals surface area contributed by atoms with Crippen LogP contribution < -0.4 is 0 Å². The number of nitrogens with zero attached hydrogens (tertiary/aromatic N) is 1. The molecule has 1 rings (SSSR count). The monoisotopic (exact) mass is 297 g/mol. The highest BCUT2D eigenvalue weighted by molar-refractivity contribution is 7.89. The van der Waals surface area contributed by atoms with E-state index >= 15 is 0 Å². The van der Waals surface area contributed by atoms with Crippen LogP contribution in [-0.4, -0.2) is 26.2 Å². The van der Waals surface area contributed by atoms with Crippen LogP contribution in [0, 0.1) is 10.8 Å². The summed E-state index contributed by atoms with van der Waals surface area (Å²) in [7, 11) is -3.53. The topological polar surface area (TPSA) is 63.6 Å². The van der Waals surface area contributed by atoms with E-state index in [1.165, 1.54) is 12.2 Å². The Balaban J connectivity index is 3.64. The summed E-state index contributed by atoms with van der Waals surface area (Å²) in [5.41, 5.74) is 1.03. The van der Waals surface area contributed by atoms with Crippen LogP contribution >= 0.6 is 0 Å². The van der Waals surface area contributed by atoms with E-state index in [0.29, 0.717) is 16.9 Å². The molecule has 1 aliphatic rings. The van der Waals surface area contributed by atoms with Crippen LogP contribution in [0.25, 0.3) is 0 Å². The molecule has 0 N–H and O–H groups in total. The van der Waals surface area contributed by atoms with Crippen molar-refractivity contribution >= 4 is 21.5 Å². The van der Waals surface area contributed by atoms with Crippen molar-refractivity contribution in [2.75, 3.05) is 6.26 Å². The number of hydrogen-bond acceptors (Lipinski definition) is 3. The molecule has 0 spiro atoms. The van der Waals surface area contributed by atoms with Gasteiger partial charge in [-0.1, -0.05) is 41.5 Å². The van der Waals surface area contributed by atoms with Gasteiger partial charge in [-0.05, 0) is 34.1 Å². The van der Waals surface area contributed by atoms with Gasteiger partial charge in [0.1, 0.15) is 0 Å². The van der Waals surface area contributed by atoms with E-state index in [2.05, 4.69) is 4.40 Å². The van der Waals surface area contributed by atoms with Gasteiger partial charge >= 0.3 is 0 Å². The maximum Gasteiger partial charge on any atom is 0.250 e. The summed E-state index contributed by atoms with van der Waals surface area (Å²) in [6, 6.07) is 0. The van der Waals surface area contributed by atoms with Crippen molar-refractivity contribution in [1.82, 2.24) is 0 Å². The van der Waals surface area contributed by atoms with Crippen molar-refractivity contribution in [3.05, 3.63) is 23.3 Å². The molecule has 0 heterocycles. The average Bonchev–Trinajstić information content (AvgIpc) is 2.14. The van der Waals surface area contributed by atoms with Crippen molar-refractivity contribution in [3.63, 3.8) is 0 Å². The second kappa shape index (κ2) is 4.95. The van der Waals surface area contributed by atoms with Gasteiger partial charge in [0, 0.05) is 0 Å². The molecule has 5 heteroatoms. The highest BCUT2D eigenvalue weighted by Gasteiger charge is 2.34. The van der Waals surface area contributed by atoms with Crippen molar-refractivity contribution < 1.29 is 13.2 Å². The summed E-state index contributed by atoms with van der Waals surface area (Å²) < 4.78 is 27.1. The number of carbonyl (C=O) groups is 1. The fraction of sp³-hybridized carbons (Fsp3) is 0.600. The smallest absolute Gasteiger partial charge is 0.250 e. The molecule has 0 radical (unpaired) electrons. The highest BCUT2D eigenvalue weighted by Crippen LogP contribution is 2.37. The normalized spacial score (nSPS) is 17.8. The molecular weight excluding hydrogens is 274 g/mol. The Bertz CT molecular complexity index is 585. The van der Waals surface area contributed by atoms with Gasteiger partial charge in [0.25, 0.3) is 10.0 Å². The molecule has 0 aliphatic heterocycles. The molecule has 0 bridgehead atoms. The Labute approximate surface area is 121 Å². The molecule has 20 heavy (non-hydrogen) atoms. The molecule has 0 amide bonds. The van der Waals surface area contributed by atoms with Gasteiger partial charge in [0.2, 0.25) is 0 Å². The Morgan fingerprint density at radius 3 is 1.50 bits per heavy atom. The Hall–Kier alpha value is -1.23. The first-order chi connectivity index (χ1) is 8.72. The van der Waals surface area contributed by atoms with Gasteiger partial charge in [-0.2, -0.15) is 4.40 Å². The molecule has 0 saturated carbocycles. The first kappa shape index (κ1) is 16.8. The highest BCUT2D eigenvalue weighted by atomic mass is 32.2. The number of sulfonamides is 1. The maximum atomic E-state index is 11.9. The van der Waals surface area contributed by atoms with Crippen LogP contribution in [0.4, 0.5) is 0 Å². The summed E-state index contributed by atoms with van der Waals surface area (Å²) in [4.78, 5) is 11.9. The van der Waals surface area contributed by atoms with E-state index in [4.69, 9.17) is 0 Å². The van der Waals surface area contributed by atoms with Crippen molar-refractivity contribution in [1.29, 1.82) is 0 Å². The van der Waals surface area contributed by atoms with E-state index in [1.807, 2.05) is 41.5 Å². The molecule has 0 aromatic heterocycles. The zero-order chi connectivity index (χ0) is 15.9. The lowest BCUT2D eigenvalue weighted by Gasteiger charge is -2.32. The minimum atomic E-state index is -3.53. The van der Waals surface area contributed by atoms with E-state index in [-0.39, 0.29) is 16.6 Å². The molecule has 0 aromatic rings. The Morgan fingerprint density at radius 1 is 0.900 bits per heavy atom. The SMILES string of the molecule is CC(C)(C)C1=CC(=O)C=C(C(C)(C)C)C1=NS(C)(=O)=O. The van der Waals surface area contributed by atoms with Gasteiger partial charge in [-0.25, -0.2) is 8.42 Å². The number of hydrogen-bond donors (Lipinski definition) is 0. The zero-order valence-electron chi connectivity index (χ0n) is 13.2. The lowest BCUT2D eigenvalue weighted by Crippen LogP contribution is -2.30. The lowest BCUT2D eigenvalue weighted by atomic mass is 9.72. The second-order valence-electron chi connectivity index (χ2n) is 7.19. The summed E-state index contributed by atoms with van der Waals surface area (Å²) in [5, 5.41) is 0. The second-order valence-corrected chi connectivity index (χ2v) is 8.84. The van der Waals surface area contributed by atoms with Crippen LogP contribution in [-0.2, 0) is 14.8 Å². The van der Waals surface area contributed by atoms with Crippen LogP contribution in [0.5, 0.6) is 0 Å². The maximum absolute atomic E-state index is 11.9. The van der Waals surface area contributed by atoms with E-state index < -0.39 is 10.0 Å². The summed E-state index contributed by atoms with van der Waals surface area (Å²) in [5.74, 6) is -0.118. The zero-order valence-corrected chi connectivity index (χ0v) is 14.1. The van der Waals surface area contributed by atoms with E-state index in [0.717, 1.165) is 6.26 Å². The fourth-order valence-electron chi connectivity index (χ4n) is 2.02. The van der Waals surface area contributed by atoms with Crippen molar-refractivity contribution in [2.24, 2.45) is 15.2 Å². The van der Waals surface area contributed by atoms with Crippen molar-refractivity contribution in [3.8, 4) is 0 Å². The molecule has 0 atom stereocenters. The summed E-state index contributed by atoms with van der Waals surface area (Å²) >= 11 is 0. The van der Waals surface area contributed by atoms with E-state index in [9.17, 15) is 13.2 Å². The molecule has 112 valence electrons. The van der Waals surface area contributed by atoms with Gasteiger partial charge < -0.3 is 0 Å². The number of carbonyl (C=O) groups excluding carboxylic acids is 1. The third-order valence-electron chi connectivity index (χ3n) is 2.96. The number of allylic oxidation sites excluding steroid dienone is 4. The molecule has 0 aromatic carbocycles. The number of rotatable bonds is 1. The third kappa shape index (κ3) is 4.13. The van der Waals surface area contributed by atoms with Gasteiger partial charge in [0.15, 0.2) is 5.78 Å². The van der Waals surface area contributed by atoms with Crippen LogP contribution in [0.3, 0.4) is 0 Å². The molecule has 1 aliphatic carbocycles. The Kier molecular flexibility index (Phi) is 4.16. The van der Waals surface area contributed by atoms with E-state index in [1.54, 1.807) is 0 Å². The first-order valence-corrected chi connectivity index (χ1v) is 8.35. The van der Waals surface area contributed by atoms with Gasteiger partial charge in [-0.3, -0.25) is 4.79 Å². The first-order valence-electron chi connectivity index (χ1n) is 6.51. The quantitative estimate of drug-likeness (QED) is 0.699. The largest absolute Gasteiger partial charge is 0.290 e. The third-order valence-corrected chi connectivity index (χ3v) is 3.47.